The van der Waals surface area contributed by atoms with Gasteiger partial charge in [-0.05, 0) is 24.3 Å². The van der Waals surface area contributed by atoms with E-state index in [4.69, 9.17) is 27.3 Å². The van der Waals surface area contributed by atoms with Crippen LogP contribution in [0.15, 0.2) is 42.5 Å². The van der Waals surface area contributed by atoms with E-state index in [2.05, 4.69) is 0 Å². The van der Waals surface area contributed by atoms with Crippen LogP contribution in [0.2, 0.25) is 5.02 Å². The molecular weight excluding hydrogens is 276 g/mol. The van der Waals surface area contributed by atoms with E-state index in [1.165, 1.54) is 12.1 Å². The maximum atomic E-state index is 11.9. The molecule has 2 aromatic rings. The first kappa shape index (κ1) is 13.9. The minimum absolute atomic E-state index is 0.0228. The van der Waals surface area contributed by atoms with Crippen LogP contribution in [0.5, 0.6) is 0 Å². The average Bonchev–Trinajstić information content (AvgIpc) is 2.44. The zero-order chi connectivity index (χ0) is 14.5. The molecule has 0 radical (unpaired) electrons. The summed E-state index contributed by atoms with van der Waals surface area (Å²) in [5, 5.41) is 9.32. The van der Waals surface area contributed by atoms with Crippen molar-refractivity contribution in [2.45, 2.75) is 6.61 Å². The average molecular weight is 287 g/mol. The fourth-order valence-electron chi connectivity index (χ4n) is 1.71. The van der Waals surface area contributed by atoms with Gasteiger partial charge in [-0.1, -0.05) is 29.8 Å². The molecule has 0 aromatic heterocycles. The highest BCUT2D eigenvalue weighted by atomic mass is 35.5. The molecule has 0 aliphatic carbocycles. The lowest BCUT2D eigenvalue weighted by Crippen LogP contribution is -2.06. The molecule has 2 aromatic carbocycles. The lowest BCUT2D eigenvalue weighted by molar-refractivity contribution is 0.0472. The third-order valence-corrected chi connectivity index (χ3v) is 2.87. The van der Waals surface area contributed by atoms with Crippen molar-refractivity contribution in [1.29, 1.82) is 5.26 Å². The fraction of sp³-hybridized carbons (Fsp3) is 0.0667. The molecule has 0 spiro atoms. The molecule has 0 fully saturated rings. The summed E-state index contributed by atoms with van der Waals surface area (Å²) in [4.78, 5) is 11.9. The topological polar surface area (TPSA) is 76.1 Å². The number of ether oxygens (including phenoxy) is 1. The maximum absolute atomic E-state index is 11.9. The van der Waals surface area contributed by atoms with Crippen molar-refractivity contribution in [3.63, 3.8) is 0 Å². The normalized spacial score (nSPS) is 9.80. The van der Waals surface area contributed by atoms with Crippen molar-refractivity contribution >= 4 is 23.3 Å². The summed E-state index contributed by atoms with van der Waals surface area (Å²) in [7, 11) is 0. The Morgan fingerprint density at radius 3 is 2.75 bits per heavy atom. The maximum Gasteiger partial charge on any atom is 0.338 e. The number of hydrogen-bond acceptors (Lipinski definition) is 4. The van der Waals surface area contributed by atoms with Crippen molar-refractivity contribution < 1.29 is 9.53 Å². The van der Waals surface area contributed by atoms with Gasteiger partial charge < -0.3 is 10.5 Å². The van der Waals surface area contributed by atoms with E-state index in [0.717, 1.165) is 0 Å². The molecule has 0 atom stereocenters. The lowest BCUT2D eigenvalue weighted by atomic mass is 10.1. The smallest absolute Gasteiger partial charge is 0.338 e. The summed E-state index contributed by atoms with van der Waals surface area (Å²) in [6.45, 7) is 0.0228. The third kappa shape index (κ3) is 3.28. The SMILES string of the molecule is N#Cc1ccccc1COC(=O)c1cc(N)cc(Cl)c1. The molecule has 20 heavy (non-hydrogen) atoms. The van der Waals surface area contributed by atoms with Crippen LogP contribution >= 0.6 is 11.6 Å². The Hall–Kier alpha value is -2.51. The van der Waals surface area contributed by atoms with Crippen LogP contribution in [0.1, 0.15) is 21.5 Å². The number of anilines is 1. The zero-order valence-corrected chi connectivity index (χ0v) is 11.2. The molecule has 5 heteroatoms. The van der Waals surface area contributed by atoms with Gasteiger partial charge in [-0.25, -0.2) is 4.79 Å². The van der Waals surface area contributed by atoms with Crippen molar-refractivity contribution in [1.82, 2.24) is 0 Å². The predicted octanol–water partition coefficient (Wildman–Crippen LogP) is 3.15. The van der Waals surface area contributed by atoms with E-state index in [9.17, 15) is 4.79 Å². The molecule has 0 aliphatic rings. The first-order valence-electron chi connectivity index (χ1n) is 5.81. The Balaban J connectivity index is 2.11. The number of rotatable bonds is 3. The van der Waals surface area contributed by atoms with Gasteiger partial charge in [0, 0.05) is 16.3 Å². The van der Waals surface area contributed by atoms with Crippen molar-refractivity contribution in [3.05, 3.63) is 64.2 Å². The molecule has 0 bridgehead atoms. The van der Waals surface area contributed by atoms with Crippen LogP contribution in [0.25, 0.3) is 0 Å². The molecule has 0 aliphatic heterocycles. The summed E-state index contributed by atoms with van der Waals surface area (Å²) < 4.78 is 5.16. The summed E-state index contributed by atoms with van der Waals surface area (Å²) in [5.74, 6) is -0.535. The summed E-state index contributed by atoms with van der Waals surface area (Å²) in [6.07, 6.45) is 0. The van der Waals surface area contributed by atoms with Gasteiger partial charge in [0.1, 0.15) is 6.61 Å². The fourth-order valence-corrected chi connectivity index (χ4v) is 1.96. The molecule has 0 unspecified atom stereocenters. The highest BCUT2D eigenvalue weighted by Crippen LogP contribution is 2.18. The molecule has 0 heterocycles. The van der Waals surface area contributed by atoms with E-state index in [0.29, 0.717) is 21.8 Å². The number of nitrogen functional groups attached to an aromatic ring is 1. The van der Waals surface area contributed by atoms with Gasteiger partial charge in [0.2, 0.25) is 0 Å². The second kappa shape index (κ2) is 6.09. The Kier molecular flexibility index (Phi) is 4.24. The van der Waals surface area contributed by atoms with Crippen LogP contribution in [0.3, 0.4) is 0 Å². The van der Waals surface area contributed by atoms with Gasteiger partial charge in [0.15, 0.2) is 0 Å². The molecule has 0 saturated heterocycles. The number of carbonyl (C=O) groups excluding carboxylic acids is 1. The molecule has 2 N–H and O–H groups in total. The van der Waals surface area contributed by atoms with Crippen LogP contribution in [0, 0.1) is 11.3 Å². The van der Waals surface area contributed by atoms with Crippen LogP contribution in [0.4, 0.5) is 5.69 Å². The molecular formula is C15H11ClN2O2. The van der Waals surface area contributed by atoms with E-state index in [1.54, 1.807) is 30.3 Å². The van der Waals surface area contributed by atoms with Gasteiger partial charge in [-0.15, -0.1) is 0 Å². The van der Waals surface area contributed by atoms with E-state index in [1.807, 2.05) is 6.07 Å². The minimum atomic E-state index is -0.535. The van der Waals surface area contributed by atoms with Crippen LogP contribution in [-0.2, 0) is 11.3 Å². The van der Waals surface area contributed by atoms with Crippen molar-refractivity contribution in [2.75, 3.05) is 5.73 Å². The number of nitrogens with zero attached hydrogens (tertiary/aromatic N) is 1. The summed E-state index contributed by atoms with van der Waals surface area (Å²) in [5.41, 5.74) is 7.42. The molecule has 100 valence electrons. The van der Waals surface area contributed by atoms with Crippen molar-refractivity contribution in [3.8, 4) is 6.07 Å². The van der Waals surface area contributed by atoms with E-state index in [-0.39, 0.29) is 12.2 Å². The first-order valence-corrected chi connectivity index (χ1v) is 6.19. The van der Waals surface area contributed by atoms with Gasteiger partial charge in [-0.2, -0.15) is 5.26 Å². The Morgan fingerprint density at radius 1 is 1.30 bits per heavy atom. The number of carbonyl (C=O) groups is 1. The van der Waals surface area contributed by atoms with Crippen LogP contribution in [-0.4, -0.2) is 5.97 Å². The van der Waals surface area contributed by atoms with Crippen LogP contribution < -0.4 is 5.73 Å². The first-order chi connectivity index (χ1) is 9.60. The molecule has 0 saturated carbocycles. The van der Waals surface area contributed by atoms with Crippen molar-refractivity contribution in [2.24, 2.45) is 0 Å². The molecule has 0 amide bonds. The Bertz CT molecular complexity index is 672. The summed E-state index contributed by atoms with van der Waals surface area (Å²) >= 11 is 5.83. The number of nitriles is 1. The highest BCUT2D eigenvalue weighted by Gasteiger charge is 2.10. The zero-order valence-electron chi connectivity index (χ0n) is 10.5. The number of nitrogens with two attached hydrogens (primary N) is 1. The minimum Gasteiger partial charge on any atom is -0.457 e. The largest absolute Gasteiger partial charge is 0.457 e. The van der Waals surface area contributed by atoms with Gasteiger partial charge >= 0.3 is 5.97 Å². The van der Waals surface area contributed by atoms with E-state index < -0.39 is 5.97 Å². The number of hydrogen-bond donors (Lipinski definition) is 1. The van der Waals surface area contributed by atoms with Gasteiger partial charge in [-0.3, -0.25) is 0 Å². The quantitative estimate of drug-likeness (QED) is 0.694. The number of halogens is 1. The van der Waals surface area contributed by atoms with E-state index >= 15 is 0 Å². The standard InChI is InChI=1S/C15H11ClN2O2/c16-13-5-12(6-14(18)7-13)15(19)20-9-11-4-2-1-3-10(11)8-17/h1-7H,9,18H2. The molecule has 2 rings (SSSR count). The third-order valence-electron chi connectivity index (χ3n) is 2.65. The number of benzene rings is 2. The van der Waals surface area contributed by atoms with Gasteiger partial charge in [0.25, 0.3) is 0 Å². The highest BCUT2D eigenvalue weighted by molar-refractivity contribution is 6.31. The Labute approximate surface area is 121 Å². The number of esters is 1. The monoisotopic (exact) mass is 286 g/mol. The summed E-state index contributed by atoms with van der Waals surface area (Å²) in [6, 6.07) is 13.5. The van der Waals surface area contributed by atoms with Gasteiger partial charge in [0.05, 0.1) is 17.2 Å². The molecule has 4 nitrogen and oxygen atoms in total. The Morgan fingerprint density at radius 2 is 2.05 bits per heavy atom. The second-order valence-corrected chi connectivity index (χ2v) is 4.55. The lowest BCUT2D eigenvalue weighted by Gasteiger charge is -2.07. The predicted molar refractivity (Wildman–Crippen MR) is 76.1 cm³/mol. The second-order valence-electron chi connectivity index (χ2n) is 4.12.